The number of nitrogens with zero attached hydrogens (tertiary/aromatic N) is 1. The summed E-state index contributed by atoms with van der Waals surface area (Å²) >= 11 is 1.69. The first-order valence-electron chi connectivity index (χ1n) is 3.40. The highest BCUT2D eigenvalue weighted by atomic mass is 32.2. The van der Waals surface area contributed by atoms with Crippen molar-refractivity contribution in [2.24, 2.45) is 0 Å². The van der Waals surface area contributed by atoms with Crippen LogP contribution >= 0.6 is 11.8 Å². The van der Waals surface area contributed by atoms with Gasteiger partial charge in [0.2, 0.25) is 5.91 Å². The van der Waals surface area contributed by atoms with Crippen molar-refractivity contribution < 1.29 is 4.79 Å². The van der Waals surface area contributed by atoms with Gasteiger partial charge in [0.15, 0.2) is 0 Å². The molecule has 0 N–H and O–H groups in total. The van der Waals surface area contributed by atoms with Crippen LogP contribution in [0.5, 0.6) is 0 Å². The predicted molar refractivity (Wildman–Crippen MR) is 43.9 cm³/mol. The van der Waals surface area contributed by atoms with Crippen molar-refractivity contribution in [3.8, 4) is 0 Å². The van der Waals surface area contributed by atoms with E-state index in [-0.39, 0.29) is 11.4 Å². The molecule has 1 aliphatic rings. The molecule has 0 unspecified atom stereocenters. The van der Waals surface area contributed by atoms with Crippen molar-refractivity contribution in [3.63, 3.8) is 0 Å². The molecule has 0 aliphatic carbocycles. The van der Waals surface area contributed by atoms with Crippen LogP contribution in [0.25, 0.3) is 0 Å². The quantitative estimate of drug-likeness (QED) is 0.531. The minimum absolute atomic E-state index is 0.0145. The van der Waals surface area contributed by atoms with Crippen molar-refractivity contribution in [3.05, 3.63) is 0 Å². The summed E-state index contributed by atoms with van der Waals surface area (Å²) in [6, 6.07) is 0. The lowest BCUT2D eigenvalue weighted by atomic mass is 10.1. The molecule has 1 rings (SSSR count). The average molecular weight is 159 g/mol. The molecular weight excluding hydrogens is 146 g/mol. The van der Waals surface area contributed by atoms with Gasteiger partial charge in [-0.2, -0.15) is 0 Å². The van der Waals surface area contributed by atoms with Crippen molar-refractivity contribution in [1.82, 2.24) is 4.90 Å². The van der Waals surface area contributed by atoms with Crippen LogP contribution in [0, 0.1) is 0 Å². The highest BCUT2D eigenvalue weighted by Crippen LogP contribution is 2.23. The SMILES string of the molecule is CC(C)(C)N1CSCC1=O. The van der Waals surface area contributed by atoms with Crippen LogP contribution in [0.4, 0.5) is 0 Å². The van der Waals surface area contributed by atoms with Crippen LogP contribution in [0.3, 0.4) is 0 Å². The summed E-state index contributed by atoms with van der Waals surface area (Å²) < 4.78 is 0. The zero-order valence-electron chi connectivity index (χ0n) is 6.68. The predicted octanol–water partition coefficient (Wildman–Crippen LogP) is 1.32. The van der Waals surface area contributed by atoms with E-state index in [4.69, 9.17) is 0 Å². The second-order valence-corrected chi connectivity index (χ2v) is 4.43. The number of carbonyl (C=O) groups excluding carboxylic acids is 1. The molecule has 0 aromatic carbocycles. The summed E-state index contributed by atoms with van der Waals surface area (Å²) in [5, 5.41) is 0. The van der Waals surface area contributed by atoms with E-state index in [2.05, 4.69) is 20.8 Å². The van der Waals surface area contributed by atoms with Gasteiger partial charge in [0.05, 0.1) is 11.6 Å². The Morgan fingerprint density at radius 1 is 1.50 bits per heavy atom. The number of hydrogen-bond acceptors (Lipinski definition) is 2. The maximum atomic E-state index is 11.1. The van der Waals surface area contributed by atoms with Crippen LogP contribution in [0.2, 0.25) is 0 Å². The maximum absolute atomic E-state index is 11.1. The lowest BCUT2D eigenvalue weighted by Crippen LogP contribution is -2.42. The Kier molecular flexibility index (Phi) is 1.95. The summed E-state index contributed by atoms with van der Waals surface area (Å²) in [5.41, 5.74) is 0.0145. The van der Waals surface area contributed by atoms with Gasteiger partial charge in [0, 0.05) is 5.54 Å². The molecule has 0 spiro atoms. The van der Waals surface area contributed by atoms with Gasteiger partial charge >= 0.3 is 0 Å². The third kappa shape index (κ3) is 1.45. The Morgan fingerprint density at radius 2 is 2.10 bits per heavy atom. The third-order valence-corrected chi connectivity index (χ3v) is 2.45. The van der Waals surface area contributed by atoms with Gasteiger partial charge in [0.1, 0.15) is 0 Å². The molecule has 0 aromatic heterocycles. The summed E-state index contributed by atoms with van der Waals surface area (Å²) in [7, 11) is 0. The lowest BCUT2D eigenvalue weighted by molar-refractivity contribution is -0.130. The standard InChI is InChI=1S/C7H13NOS/c1-7(2,3)8-5-10-4-6(8)9/h4-5H2,1-3H3. The van der Waals surface area contributed by atoms with Gasteiger partial charge in [-0.1, -0.05) is 0 Å². The molecule has 10 heavy (non-hydrogen) atoms. The third-order valence-electron chi connectivity index (χ3n) is 1.56. The van der Waals surface area contributed by atoms with Gasteiger partial charge in [-0.3, -0.25) is 4.79 Å². The first-order chi connectivity index (χ1) is 4.52. The average Bonchev–Trinajstić information content (AvgIpc) is 2.11. The highest BCUT2D eigenvalue weighted by molar-refractivity contribution is 8.00. The first-order valence-corrected chi connectivity index (χ1v) is 4.55. The normalized spacial score (nSPS) is 20.3. The van der Waals surface area contributed by atoms with E-state index in [9.17, 15) is 4.79 Å². The molecule has 0 atom stereocenters. The van der Waals surface area contributed by atoms with Crippen LogP contribution in [-0.4, -0.2) is 28.0 Å². The fourth-order valence-corrected chi connectivity index (χ4v) is 2.08. The maximum Gasteiger partial charge on any atom is 0.233 e. The minimum Gasteiger partial charge on any atom is -0.328 e. The molecule has 1 amide bonds. The summed E-state index contributed by atoms with van der Waals surface area (Å²) in [6.07, 6.45) is 0. The largest absolute Gasteiger partial charge is 0.328 e. The van der Waals surface area contributed by atoms with Gasteiger partial charge < -0.3 is 4.90 Å². The first kappa shape index (κ1) is 7.92. The summed E-state index contributed by atoms with van der Waals surface area (Å²) in [4.78, 5) is 13.0. The van der Waals surface area contributed by atoms with E-state index in [0.717, 1.165) is 5.88 Å². The Bertz CT molecular complexity index is 150. The van der Waals surface area contributed by atoms with E-state index >= 15 is 0 Å². The zero-order chi connectivity index (χ0) is 7.78. The van der Waals surface area contributed by atoms with Crippen molar-refractivity contribution >= 4 is 17.7 Å². The Labute approximate surface area is 66.0 Å². The number of amides is 1. The molecule has 1 heterocycles. The Morgan fingerprint density at radius 3 is 2.30 bits per heavy atom. The zero-order valence-corrected chi connectivity index (χ0v) is 7.49. The van der Waals surface area contributed by atoms with Gasteiger partial charge in [-0.15, -0.1) is 11.8 Å². The van der Waals surface area contributed by atoms with E-state index < -0.39 is 0 Å². The molecule has 58 valence electrons. The Hall–Kier alpha value is -0.180. The Balaban J connectivity index is 2.64. The van der Waals surface area contributed by atoms with Gasteiger partial charge in [0.25, 0.3) is 0 Å². The monoisotopic (exact) mass is 159 g/mol. The number of hydrogen-bond donors (Lipinski definition) is 0. The van der Waals surface area contributed by atoms with E-state index in [1.807, 2.05) is 4.90 Å². The molecule has 2 nitrogen and oxygen atoms in total. The fraction of sp³-hybridized carbons (Fsp3) is 0.857. The van der Waals surface area contributed by atoms with Gasteiger partial charge in [-0.25, -0.2) is 0 Å². The summed E-state index contributed by atoms with van der Waals surface area (Å²) in [5.74, 6) is 1.80. The topological polar surface area (TPSA) is 20.3 Å². The van der Waals surface area contributed by atoms with E-state index in [0.29, 0.717) is 5.75 Å². The van der Waals surface area contributed by atoms with Crippen LogP contribution in [-0.2, 0) is 4.79 Å². The molecule has 0 aromatic rings. The molecular formula is C7H13NOS. The van der Waals surface area contributed by atoms with Gasteiger partial charge in [-0.05, 0) is 20.8 Å². The minimum atomic E-state index is 0.0145. The van der Waals surface area contributed by atoms with Crippen LogP contribution in [0.15, 0.2) is 0 Å². The number of rotatable bonds is 0. The van der Waals surface area contributed by atoms with Crippen molar-refractivity contribution in [2.45, 2.75) is 26.3 Å². The molecule has 3 heteroatoms. The van der Waals surface area contributed by atoms with E-state index in [1.54, 1.807) is 11.8 Å². The molecule has 1 aliphatic heterocycles. The molecule has 1 fully saturated rings. The lowest BCUT2D eigenvalue weighted by Gasteiger charge is -2.30. The second-order valence-electron chi connectivity index (χ2n) is 3.47. The van der Waals surface area contributed by atoms with Crippen LogP contribution in [0.1, 0.15) is 20.8 Å². The highest BCUT2D eigenvalue weighted by Gasteiger charge is 2.30. The summed E-state index contributed by atoms with van der Waals surface area (Å²) in [6.45, 7) is 6.20. The number of thioether (sulfide) groups is 1. The molecule has 1 saturated heterocycles. The smallest absolute Gasteiger partial charge is 0.233 e. The van der Waals surface area contributed by atoms with Crippen LogP contribution < -0.4 is 0 Å². The molecule has 0 bridgehead atoms. The van der Waals surface area contributed by atoms with Crippen molar-refractivity contribution in [1.29, 1.82) is 0 Å². The van der Waals surface area contributed by atoms with E-state index in [1.165, 1.54) is 0 Å². The molecule has 0 radical (unpaired) electrons. The fourth-order valence-electron chi connectivity index (χ4n) is 0.942. The second kappa shape index (κ2) is 2.46. The van der Waals surface area contributed by atoms with Crippen molar-refractivity contribution in [2.75, 3.05) is 11.6 Å². The number of carbonyl (C=O) groups is 1. The molecule has 0 saturated carbocycles.